The number of hydrogen-bond acceptors (Lipinski definition) is 3. The number of nitrogens with zero attached hydrogens (tertiary/aromatic N) is 2. The van der Waals surface area contributed by atoms with Crippen molar-refractivity contribution in [3.05, 3.63) is 99.2 Å². The summed E-state index contributed by atoms with van der Waals surface area (Å²) in [5.74, 6) is -0.361. The van der Waals surface area contributed by atoms with Crippen molar-refractivity contribution in [3.63, 3.8) is 0 Å². The number of hydrogen-bond donors (Lipinski definition) is 0. The van der Waals surface area contributed by atoms with Crippen LogP contribution in [0.3, 0.4) is 0 Å². The fourth-order valence-electron chi connectivity index (χ4n) is 3.20. The maximum atomic E-state index is 13.4. The van der Waals surface area contributed by atoms with Crippen LogP contribution < -0.4 is 0 Å². The Morgan fingerprint density at radius 3 is 2.38 bits per heavy atom. The van der Waals surface area contributed by atoms with E-state index in [9.17, 15) is 12.8 Å². The van der Waals surface area contributed by atoms with Gasteiger partial charge in [0.15, 0.2) is 0 Å². The molecule has 1 atom stereocenters. The summed E-state index contributed by atoms with van der Waals surface area (Å²) in [5.41, 5.74) is 2.06. The first kappa shape index (κ1) is 20.1. The molecule has 0 bridgehead atoms. The molecule has 4 nitrogen and oxygen atoms in total. The Morgan fingerprint density at radius 1 is 1.03 bits per heavy atom. The van der Waals surface area contributed by atoms with Crippen molar-refractivity contribution in [2.75, 3.05) is 0 Å². The molecule has 1 aliphatic rings. The highest BCUT2D eigenvalue weighted by atomic mass is 79.9. The molecule has 29 heavy (non-hydrogen) atoms. The van der Waals surface area contributed by atoms with Gasteiger partial charge < -0.3 is 0 Å². The minimum absolute atomic E-state index is 0.0659. The van der Waals surface area contributed by atoms with E-state index in [-0.39, 0.29) is 10.7 Å². The molecule has 1 heterocycles. The first-order chi connectivity index (χ1) is 13.8. The molecule has 0 spiro atoms. The lowest BCUT2D eigenvalue weighted by molar-refractivity contribution is 0.371. The lowest BCUT2D eigenvalue weighted by Gasteiger charge is -2.23. The summed E-state index contributed by atoms with van der Waals surface area (Å²) in [6.45, 7) is 0. The van der Waals surface area contributed by atoms with E-state index in [1.165, 1.54) is 24.3 Å². The summed E-state index contributed by atoms with van der Waals surface area (Å²) in [6, 6.07) is 18.9. The average Bonchev–Trinajstić information content (AvgIpc) is 3.15. The number of halogens is 3. The van der Waals surface area contributed by atoms with Gasteiger partial charge in [-0.2, -0.15) is 17.9 Å². The van der Waals surface area contributed by atoms with Gasteiger partial charge in [-0.3, -0.25) is 0 Å². The third-order valence-corrected chi connectivity index (χ3v) is 7.09. The van der Waals surface area contributed by atoms with Gasteiger partial charge in [-0.15, -0.1) is 0 Å². The molecule has 0 aliphatic carbocycles. The van der Waals surface area contributed by atoms with Crippen LogP contribution in [0.4, 0.5) is 4.39 Å². The van der Waals surface area contributed by atoms with Crippen molar-refractivity contribution in [1.29, 1.82) is 0 Å². The zero-order valence-electron chi connectivity index (χ0n) is 15.0. The van der Waals surface area contributed by atoms with E-state index in [0.717, 1.165) is 14.5 Å². The third kappa shape index (κ3) is 4.08. The molecule has 1 unspecified atom stereocenters. The van der Waals surface area contributed by atoms with Crippen LogP contribution in [-0.4, -0.2) is 18.5 Å². The molecule has 3 aromatic carbocycles. The van der Waals surface area contributed by atoms with Crippen LogP contribution in [0.2, 0.25) is 5.02 Å². The van der Waals surface area contributed by atoms with Crippen molar-refractivity contribution < 1.29 is 12.8 Å². The molecular weight excluding hydrogens is 479 g/mol. The maximum absolute atomic E-state index is 13.4. The Balaban J connectivity index is 1.80. The van der Waals surface area contributed by atoms with Gasteiger partial charge in [-0.25, -0.2) is 4.39 Å². The molecule has 3 aromatic rings. The van der Waals surface area contributed by atoms with Crippen LogP contribution in [0.5, 0.6) is 0 Å². The van der Waals surface area contributed by atoms with Gasteiger partial charge >= 0.3 is 0 Å². The highest BCUT2D eigenvalue weighted by molar-refractivity contribution is 9.10. The molecule has 0 N–H and O–H groups in total. The van der Waals surface area contributed by atoms with Gasteiger partial charge in [0.1, 0.15) is 5.82 Å². The summed E-state index contributed by atoms with van der Waals surface area (Å²) < 4.78 is 42.1. The molecule has 0 fully saturated rings. The molecule has 0 aromatic heterocycles. The van der Waals surface area contributed by atoms with Crippen LogP contribution >= 0.6 is 27.5 Å². The lowest BCUT2D eigenvalue weighted by atomic mass is 9.99. The predicted octanol–water partition coefficient (Wildman–Crippen LogP) is 5.78. The summed E-state index contributed by atoms with van der Waals surface area (Å²) in [5, 5.41) is 4.76. The molecule has 8 heteroatoms. The predicted molar refractivity (Wildman–Crippen MR) is 115 cm³/mol. The summed E-state index contributed by atoms with van der Waals surface area (Å²) in [7, 11) is -3.94. The Kier molecular flexibility index (Phi) is 5.46. The van der Waals surface area contributed by atoms with E-state index in [1.807, 2.05) is 24.3 Å². The SMILES string of the molecule is O=S(=O)(c1cccc(Cl)c1)N1N=C(c2ccc(F)cc2)CC1c1ccc(Br)cc1. The van der Waals surface area contributed by atoms with Crippen LogP contribution in [0.15, 0.2) is 87.3 Å². The summed E-state index contributed by atoms with van der Waals surface area (Å²) in [6.07, 6.45) is 0.368. The van der Waals surface area contributed by atoms with Crippen molar-refractivity contribution in [2.24, 2.45) is 5.10 Å². The Morgan fingerprint density at radius 2 is 1.72 bits per heavy atom. The number of benzene rings is 3. The second-order valence-electron chi connectivity index (χ2n) is 6.56. The normalized spacial score (nSPS) is 16.7. The second kappa shape index (κ2) is 7.89. The van der Waals surface area contributed by atoms with Gasteiger partial charge in [0.05, 0.1) is 16.6 Å². The zero-order valence-corrected chi connectivity index (χ0v) is 18.1. The molecule has 0 saturated heterocycles. The lowest BCUT2D eigenvalue weighted by Crippen LogP contribution is -2.27. The molecule has 1 aliphatic heterocycles. The van der Waals surface area contributed by atoms with Gasteiger partial charge in [0.2, 0.25) is 0 Å². The number of hydrazone groups is 1. The van der Waals surface area contributed by atoms with Crippen LogP contribution in [0.1, 0.15) is 23.6 Å². The molecule has 148 valence electrons. The van der Waals surface area contributed by atoms with E-state index in [2.05, 4.69) is 21.0 Å². The Hall–Kier alpha value is -2.22. The van der Waals surface area contributed by atoms with Crippen LogP contribution in [-0.2, 0) is 10.0 Å². The molecule has 4 rings (SSSR count). The monoisotopic (exact) mass is 492 g/mol. The summed E-state index contributed by atoms with van der Waals surface area (Å²) >= 11 is 9.41. The standard InChI is InChI=1S/C21H15BrClFN2O2S/c22-16-8-4-15(5-9-16)21-13-20(14-6-10-18(24)11-7-14)25-26(21)29(27,28)19-3-1-2-17(23)12-19/h1-12,21H,13H2. The van der Waals surface area contributed by atoms with Crippen LogP contribution in [0, 0.1) is 5.82 Å². The van der Waals surface area contributed by atoms with Gasteiger partial charge in [-0.1, -0.05) is 57.9 Å². The quantitative estimate of drug-likeness (QED) is 0.462. The van der Waals surface area contributed by atoms with E-state index < -0.39 is 16.1 Å². The van der Waals surface area contributed by atoms with E-state index in [1.54, 1.807) is 24.3 Å². The highest BCUT2D eigenvalue weighted by Crippen LogP contribution is 2.37. The van der Waals surface area contributed by atoms with Gasteiger partial charge in [0.25, 0.3) is 10.0 Å². The third-order valence-electron chi connectivity index (χ3n) is 4.65. The first-order valence-corrected chi connectivity index (χ1v) is 11.3. The second-order valence-corrected chi connectivity index (χ2v) is 9.71. The highest BCUT2D eigenvalue weighted by Gasteiger charge is 2.37. The zero-order chi connectivity index (χ0) is 20.6. The molecule has 0 saturated carbocycles. The topological polar surface area (TPSA) is 49.7 Å². The van der Waals surface area contributed by atoms with E-state index >= 15 is 0 Å². The van der Waals surface area contributed by atoms with Gasteiger partial charge in [0, 0.05) is 15.9 Å². The fraction of sp³-hybridized carbons (Fsp3) is 0.0952. The van der Waals surface area contributed by atoms with Crippen molar-refractivity contribution in [1.82, 2.24) is 4.41 Å². The first-order valence-electron chi connectivity index (χ1n) is 8.73. The van der Waals surface area contributed by atoms with Crippen LogP contribution in [0.25, 0.3) is 0 Å². The summed E-state index contributed by atoms with van der Waals surface area (Å²) in [4.78, 5) is 0.0659. The largest absolute Gasteiger partial charge is 0.279 e. The molecule has 0 amide bonds. The average molecular weight is 494 g/mol. The van der Waals surface area contributed by atoms with Crippen molar-refractivity contribution in [3.8, 4) is 0 Å². The van der Waals surface area contributed by atoms with E-state index in [4.69, 9.17) is 11.6 Å². The van der Waals surface area contributed by atoms with Crippen molar-refractivity contribution in [2.45, 2.75) is 17.4 Å². The molecule has 0 radical (unpaired) electrons. The Labute approximate surface area is 181 Å². The smallest absolute Gasteiger partial charge is 0.207 e. The molecular formula is C21H15BrClFN2O2S. The van der Waals surface area contributed by atoms with Crippen molar-refractivity contribution >= 4 is 43.3 Å². The Bertz CT molecular complexity index is 1180. The minimum atomic E-state index is -3.94. The van der Waals surface area contributed by atoms with E-state index in [0.29, 0.717) is 22.7 Å². The fourth-order valence-corrected chi connectivity index (χ4v) is 5.19. The number of rotatable bonds is 4. The number of sulfonamides is 1. The minimum Gasteiger partial charge on any atom is -0.207 e. The van der Waals surface area contributed by atoms with Gasteiger partial charge in [-0.05, 0) is 53.6 Å². The maximum Gasteiger partial charge on any atom is 0.279 e.